The second kappa shape index (κ2) is 8.21. The minimum Gasteiger partial charge on any atom is -0.479 e. The van der Waals surface area contributed by atoms with Gasteiger partial charge in [0.05, 0.1) is 0 Å². The van der Waals surface area contributed by atoms with Crippen LogP contribution in [0.4, 0.5) is 0 Å². The van der Waals surface area contributed by atoms with Crippen molar-refractivity contribution in [2.75, 3.05) is 0 Å². The van der Waals surface area contributed by atoms with Gasteiger partial charge in [-0.15, -0.1) is 0 Å². The summed E-state index contributed by atoms with van der Waals surface area (Å²) in [5.74, 6) is -5.56. The van der Waals surface area contributed by atoms with Crippen LogP contribution in [0.3, 0.4) is 0 Å². The van der Waals surface area contributed by atoms with Gasteiger partial charge in [0, 0.05) is 33.0 Å². The highest BCUT2D eigenvalue weighted by Crippen LogP contribution is 2.45. The summed E-state index contributed by atoms with van der Waals surface area (Å²) < 4.78 is 0. The number of carboxylic acids is 2. The number of amides is 4. The summed E-state index contributed by atoms with van der Waals surface area (Å²) >= 11 is 0. The lowest BCUT2D eigenvalue weighted by Crippen LogP contribution is -2.62. The maximum absolute atomic E-state index is 13.8. The largest absolute Gasteiger partial charge is 0.479 e. The maximum Gasteiger partial charge on any atom is 0.330 e. The standard InChI is InChI=1S/C28H26N2O8/c31-21-15-7-9-17-20-18(24(34)30(23(17)33)28(26(37)38)13-5-2-6-14-28)10-8-16(19(15)20)22(32)29(21)27(25(35)36)11-3-1-4-12-27/h7-10H,1-6,11-14H2,(H,35,36)(H,37,38). The van der Waals surface area contributed by atoms with E-state index >= 15 is 0 Å². The number of imide groups is 2. The number of nitrogens with zero attached hydrogens (tertiary/aromatic N) is 2. The van der Waals surface area contributed by atoms with E-state index in [2.05, 4.69) is 0 Å². The first-order chi connectivity index (χ1) is 18.2. The van der Waals surface area contributed by atoms with Crippen molar-refractivity contribution < 1.29 is 39.0 Å². The molecule has 4 amide bonds. The molecule has 2 aliphatic heterocycles. The number of carbonyl (C=O) groups is 6. The van der Waals surface area contributed by atoms with Crippen molar-refractivity contribution in [2.24, 2.45) is 0 Å². The number of hydrogen-bond donors (Lipinski definition) is 2. The summed E-state index contributed by atoms with van der Waals surface area (Å²) in [5, 5.41) is 20.6. The fourth-order valence-electron chi connectivity index (χ4n) is 6.99. The van der Waals surface area contributed by atoms with Crippen molar-refractivity contribution in [3.05, 3.63) is 46.5 Å². The highest BCUT2D eigenvalue weighted by Gasteiger charge is 2.55. The number of aliphatic carboxylic acids is 2. The van der Waals surface area contributed by atoms with Crippen LogP contribution in [0, 0.1) is 0 Å². The predicted octanol–water partition coefficient (Wildman–Crippen LogP) is 3.61. The molecule has 2 fully saturated rings. The van der Waals surface area contributed by atoms with E-state index in [1.807, 2.05) is 0 Å². The Hall–Kier alpha value is -4.08. The van der Waals surface area contributed by atoms with Crippen molar-refractivity contribution in [3.63, 3.8) is 0 Å². The first-order valence-corrected chi connectivity index (χ1v) is 13.0. The van der Waals surface area contributed by atoms with E-state index in [0.29, 0.717) is 25.7 Å². The Morgan fingerprint density at radius 1 is 0.526 bits per heavy atom. The van der Waals surface area contributed by atoms with Gasteiger partial charge in [-0.1, -0.05) is 38.5 Å². The first-order valence-electron chi connectivity index (χ1n) is 13.0. The molecule has 0 spiro atoms. The number of carboxylic acid groups (broad SMARTS) is 2. The van der Waals surface area contributed by atoms with E-state index in [1.54, 1.807) is 0 Å². The van der Waals surface area contributed by atoms with E-state index in [1.165, 1.54) is 24.3 Å². The predicted molar refractivity (Wildman–Crippen MR) is 132 cm³/mol. The molecular formula is C28H26N2O8. The summed E-state index contributed by atoms with van der Waals surface area (Å²) in [6.07, 6.45) is 4.47. The van der Waals surface area contributed by atoms with Gasteiger partial charge in [0.25, 0.3) is 23.6 Å². The Morgan fingerprint density at radius 2 is 0.789 bits per heavy atom. The van der Waals surface area contributed by atoms with Gasteiger partial charge in [0.15, 0.2) is 0 Å². The lowest BCUT2D eigenvalue weighted by molar-refractivity contribution is -0.151. The third-order valence-electron chi connectivity index (χ3n) is 8.91. The van der Waals surface area contributed by atoms with Gasteiger partial charge >= 0.3 is 11.9 Å². The van der Waals surface area contributed by atoms with Gasteiger partial charge in [-0.05, 0) is 49.9 Å². The van der Waals surface area contributed by atoms with Crippen LogP contribution in [0.2, 0.25) is 0 Å². The van der Waals surface area contributed by atoms with Crippen LogP contribution in [0.5, 0.6) is 0 Å². The van der Waals surface area contributed by atoms with Crippen molar-refractivity contribution in [1.82, 2.24) is 9.80 Å². The average Bonchev–Trinajstić information content (AvgIpc) is 2.91. The van der Waals surface area contributed by atoms with Crippen molar-refractivity contribution in [2.45, 2.75) is 75.3 Å². The Morgan fingerprint density at radius 3 is 1.03 bits per heavy atom. The topological polar surface area (TPSA) is 149 Å². The summed E-state index contributed by atoms with van der Waals surface area (Å²) in [6.45, 7) is 0. The van der Waals surface area contributed by atoms with E-state index in [0.717, 1.165) is 22.6 Å². The first kappa shape index (κ1) is 24.3. The molecule has 2 N–H and O–H groups in total. The van der Waals surface area contributed by atoms with E-state index in [9.17, 15) is 39.0 Å². The molecule has 0 aromatic heterocycles. The van der Waals surface area contributed by atoms with E-state index in [4.69, 9.17) is 0 Å². The Bertz CT molecular complexity index is 1300. The van der Waals surface area contributed by atoms with E-state index < -0.39 is 46.6 Å². The van der Waals surface area contributed by atoms with Crippen LogP contribution < -0.4 is 0 Å². The highest BCUT2D eigenvalue weighted by molar-refractivity contribution is 6.34. The zero-order chi connectivity index (χ0) is 27.0. The molecule has 2 aliphatic carbocycles. The fourth-order valence-corrected chi connectivity index (χ4v) is 6.99. The number of carbonyl (C=O) groups excluding carboxylic acids is 4. The fraction of sp³-hybridized carbons (Fsp3) is 0.429. The van der Waals surface area contributed by atoms with Crippen LogP contribution >= 0.6 is 0 Å². The zero-order valence-electron chi connectivity index (χ0n) is 20.6. The zero-order valence-corrected chi connectivity index (χ0v) is 20.6. The van der Waals surface area contributed by atoms with Crippen molar-refractivity contribution >= 4 is 46.3 Å². The lowest BCUT2D eigenvalue weighted by atomic mass is 9.76. The molecule has 196 valence electrons. The second-order valence-electron chi connectivity index (χ2n) is 10.8. The summed E-state index contributed by atoms with van der Waals surface area (Å²) in [7, 11) is 0. The van der Waals surface area contributed by atoms with Gasteiger partial charge in [-0.25, -0.2) is 9.59 Å². The molecule has 6 rings (SSSR count). The highest BCUT2D eigenvalue weighted by atomic mass is 16.4. The monoisotopic (exact) mass is 518 g/mol. The number of rotatable bonds is 4. The van der Waals surface area contributed by atoms with Crippen LogP contribution in [0.15, 0.2) is 24.3 Å². The molecule has 0 atom stereocenters. The molecule has 2 heterocycles. The van der Waals surface area contributed by atoms with Gasteiger partial charge < -0.3 is 10.2 Å². The molecule has 0 unspecified atom stereocenters. The minimum atomic E-state index is -1.66. The molecular weight excluding hydrogens is 492 g/mol. The van der Waals surface area contributed by atoms with Gasteiger partial charge in [0.1, 0.15) is 11.1 Å². The molecule has 38 heavy (non-hydrogen) atoms. The normalized spacial score (nSPS) is 22.1. The van der Waals surface area contributed by atoms with Crippen LogP contribution in [-0.2, 0) is 9.59 Å². The Labute approximate surface area is 217 Å². The number of benzene rings is 2. The van der Waals surface area contributed by atoms with Crippen LogP contribution in [-0.4, -0.2) is 66.7 Å². The third-order valence-corrected chi connectivity index (χ3v) is 8.91. The molecule has 0 saturated heterocycles. The average molecular weight is 519 g/mol. The maximum atomic E-state index is 13.8. The van der Waals surface area contributed by atoms with Gasteiger partial charge in [-0.2, -0.15) is 0 Å². The molecule has 2 saturated carbocycles. The molecule has 10 nitrogen and oxygen atoms in total. The molecule has 0 bridgehead atoms. The molecule has 0 radical (unpaired) electrons. The molecule has 2 aromatic carbocycles. The second-order valence-corrected chi connectivity index (χ2v) is 10.8. The summed E-state index contributed by atoms with van der Waals surface area (Å²) in [4.78, 5) is 81.6. The van der Waals surface area contributed by atoms with E-state index in [-0.39, 0.29) is 58.7 Å². The van der Waals surface area contributed by atoms with Crippen LogP contribution in [0.25, 0.3) is 10.8 Å². The smallest absolute Gasteiger partial charge is 0.330 e. The SMILES string of the molecule is O=C1c2ccc3c4c(ccc(c24)C(=O)N1C1(C(=O)O)CCCCC1)C(=O)N(C1(C(=O)O)CCCCC1)C3=O. The Balaban J connectivity index is 1.53. The van der Waals surface area contributed by atoms with Crippen LogP contribution in [0.1, 0.15) is 106 Å². The quantitative estimate of drug-likeness (QED) is 0.583. The number of hydrogen-bond acceptors (Lipinski definition) is 6. The molecule has 10 heteroatoms. The van der Waals surface area contributed by atoms with Gasteiger partial charge in [-0.3, -0.25) is 29.0 Å². The third kappa shape index (κ3) is 2.94. The Kier molecular flexibility index (Phi) is 5.24. The van der Waals surface area contributed by atoms with Crippen molar-refractivity contribution in [3.8, 4) is 0 Å². The molecule has 2 aromatic rings. The summed E-state index contributed by atoms with van der Waals surface area (Å²) in [6, 6.07) is 5.52. The lowest BCUT2D eigenvalue weighted by Gasteiger charge is -2.45. The molecule has 4 aliphatic rings. The summed E-state index contributed by atoms with van der Waals surface area (Å²) in [5.41, 5.74) is -3.14. The van der Waals surface area contributed by atoms with Crippen molar-refractivity contribution in [1.29, 1.82) is 0 Å². The minimum absolute atomic E-state index is 0.0473. The van der Waals surface area contributed by atoms with Gasteiger partial charge in [0.2, 0.25) is 0 Å².